The third-order valence-electron chi connectivity index (χ3n) is 5.12. The molecule has 0 spiro atoms. The van der Waals surface area contributed by atoms with Gasteiger partial charge >= 0.3 is 6.18 Å². The summed E-state index contributed by atoms with van der Waals surface area (Å²) in [6.07, 6.45) is -5.13. The fourth-order valence-electron chi connectivity index (χ4n) is 3.69. The number of aromatic nitrogens is 3. The number of nitrogens with one attached hydrogen (secondary N) is 1. The molecule has 1 N–H and O–H groups in total. The zero-order chi connectivity index (χ0) is 22.2. The molecule has 4 rings (SSSR count). The average Bonchev–Trinajstić information content (AvgIpc) is 3.29. The predicted octanol–water partition coefficient (Wildman–Crippen LogP) is 4.19. The highest BCUT2D eigenvalue weighted by Crippen LogP contribution is 2.37. The van der Waals surface area contributed by atoms with Crippen LogP contribution in [0.25, 0.3) is 21.6 Å². The minimum Gasteiger partial charge on any atom is -0.329 e. The Bertz CT molecular complexity index is 1100. The number of aliphatic imine (C=N–C) groups is 1. The second-order valence-corrected chi connectivity index (χ2v) is 8.62. The fourth-order valence-corrected chi connectivity index (χ4v) is 4.56. The molecule has 0 aliphatic carbocycles. The number of piperidine rings is 1. The summed E-state index contributed by atoms with van der Waals surface area (Å²) in [5.41, 5.74) is 1.58. The van der Waals surface area contributed by atoms with Gasteiger partial charge in [0.25, 0.3) is 0 Å². The van der Waals surface area contributed by atoms with Crippen LogP contribution in [0.3, 0.4) is 0 Å². The highest BCUT2D eigenvalue weighted by molar-refractivity contribution is 7.14. The number of nitrogens with zero attached hydrogens (tertiary/aromatic N) is 5. The zero-order valence-electron chi connectivity index (χ0n) is 17.1. The van der Waals surface area contributed by atoms with Gasteiger partial charge < -0.3 is 14.8 Å². The van der Waals surface area contributed by atoms with E-state index in [-0.39, 0.29) is 6.54 Å². The third kappa shape index (κ3) is 4.78. The average molecular weight is 454 g/mol. The Morgan fingerprint density at radius 1 is 1.29 bits per heavy atom. The van der Waals surface area contributed by atoms with E-state index in [9.17, 15) is 17.6 Å². The van der Waals surface area contributed by atoms with Gasteiger partial charge in [0.1, 0.15) is 11.6 Å². The molecule has 1 saturated heterocycles. The van der Waals surface area contributed by atoms with Crippen molar-refractivity contribution in [1.29, 1.82) is 0 Å². The Balaban J connectivity index is 1.83. The van der Waals surface area contributed by atoms with Crippen molar-refractivity contribution in [1.82, 2.24) is 25.0 Å². The van der Waals surface area contributed by atoms with Gasteiger partial charge in [0.15, 0.2) is 11.2 Å². The topological polar surface area (TPSA) is 58.3 Å². The second-order valence-electron chi connectivity index (χ2n) is 7.56. The van der Waals surface area contributed by atoms with Crippen molar-refractivity contribution < 1.29 is 17.6 Å². The molecule has 0 saturated carbocycles. The van der Waals surface area contributed by atoms with E-state index in [1.54, 1.807) is 31.3 Å². The number of hydrogen-bond donors (Lipinski definition) is 1. The van der Waals surface area contributed by atoms with Crippen LogP contribution in [0, 0.1) is 0 Å². The summed E-state index contributed by atoms with van der Waals surface area (Å²) in [5, 5.41) is 12.7. The third-order valence-corrected chi connectivity index (χ3v) is 6.07. The number of halogens is 4. The normalized spacial score (nSPS) is 19.5. The number of alkyl halides is 4. The van der Waals surface area contributed by atoms with Crippen molar-refractivity contribution in [3.8, 4) is 10.7 Å². The highest BCUT2D eigenvalue weighted by Gasteiger charge is 2.31. The Kier molecular flexibility index (Phi) is 6.09. The fraction of sp³-hybridized carbons (Fsp3) is 0.450. The molecule has 0 bridgehead atoms. The van der Waals surface area contributed by atoms with Crippen molar-refractivity contribution in [2.75, 3.05) is 27.2 Å². The lowest BCUT2D eigenvalue weighted by Crippen LogP contribution is -2.39. The van der Waals surface area contributed by atoms with Gasteiger partial charge in [-0.25, -0.2) is 4.39 Å². The van der Waals surface area contributed by atoms with Crippen molar-refractivity contribution in [3.05, 3.63) is 29.3 Å². The number of rotatable bonds is 5. The molecular weight excluding hydrogens is 432 g/mol. The summed E-state index contributed by atoms with van der Waals surface area (Å²) in [7, 11) is 3.60. The molecular formula is C20H22F4N6S. The molecule has 166 valence electrons. The minimum absolute atomic E-state index is 0.258. The molecule has 0 radical (unpaired) electrons. The summed E-state index contributed by atoms with van der Waals surface area (Å²) < 4.78 is 55.8. The maximum Gasteiger partial charge on any atom is 0.406 e. The molecule has 1 fully saturated rings. The first-order valence-corrected chi connectivity index (χ1v) is 10.6. The van der Waals surface area contributed by atoms with Crippen molar-refractivity contribution >= 4 is 33.6 Å². The van der Waals surface area contributed by atoms with Crippen LogP contribution >= 0.6 is 11.3 Å². The molecule has 3 heterocycles. The summed E-state index contributed by atoms with van der Waals surface area (Å²) >= 11 is 1.23. The van der Waals surface area contributed by atoms with Crippen LogP contribution in [-0.4, -0.2) is 64.9 Å². The summed E-state index contributed by atoms with van der Waals surface area (Å²) in [4.78, 5) is 6.41. The molecule has 6 nitrogen and oxygen atoms in total. The highest BCUT2D eigenvalue weighted by atomic mass is 32.1. The minimum atomic E-state index is -4.42. The Hall–Kier alpha value is -2.37. The van der Waals surface area contributed by atoms with E-state index in [1.165, 1.54) is 15.9 Å². The smallest absolute Gasteiger partial charge is 0.329 e. The monoisotopic (exact) mass is 454 g/mol. The molecule has 1 aromatic carbocycles. The lowest BCUT2D eigenvalue weighted by atomic mass is 10.1. The number of benzene rings is 1. The van der Waals surface area contributed by atoms with E-state index >= 15 is 0 Å². The van der Waals surface area contributed by atoms with Crippen LogP contribution < -0.4 is 5.32 Å². The van der Waals surface area contributed by atoms with Crippen molar-refractivity contribution in [2.45, 2.75) is 31.9 Å². The van der Waals surface area contributed by atoms with Crippen LogP contribution in [0.4, 0.5) is 23.2 Å². The number of likely N-dealkylation sites (tertiary alicyclic amines) is 1. The Morgan fingerprint density at radius 3 is 2.81 bits per heavy atom. The molecule has 1 atom stereocenters. The van der Waals surface area contributed by atoms with Crippen molar-refractivity contribution in [2.24, 2.45) is 4.99 Å². The Labute approximate surface area is 180 Å². The lowest BCUT2D eigenvalue weighted by Gasteiger charge is -2.26. The molecule has 1 aliphatic heterocycles. The Morgan fingerprint density at radius 2 is 2.10 bits per heavy atom. The van der Waals surface area contributed by atoms with Gasteiger partial charge in [0.05, 0.1) is 22.6 Å². The first kappa shape index (κ1) is 21.8. The first-order valence-electron chi connectivity index (χ1n) is 9.81. The van der Waals surface area contributed by atoms with Gasteiger partial charge in [-0.15, -0.1) is 10.2 Å². The zero-order valence-corrected chi connectivity index (χ0v) is 17.9. The molecule has 2 aromatic heterocycles. The van der Waals surface area contributed by atoms with E-state index in [1.807, 2.05) is 11.9 Å². The van der Waals surface area contributed by atoms with Crippen molar-refractivity contribution in [3.63, 3.8) is 0 Å². The summed E-state index contributed by atoms with van der Waals surface area (Å²) in [6.45, 7) is 0.258. The van der Waals surface area contributed by atoms with Gasteiger partial charge in [-0.3, -0.25) is 4.99 Å². The van der Waals surface area contributed by atoms with Gasteiger partial charge in [-0.05, 0) is 32.3 Å². The first-order chi connectivity index (χ1) is 14.7. The summed E-state index contributed by atoms with van der Waals surface area (Å²) in [6, 6.07) is 6.61. The van der Waals surface area contributed by atoms with E-state index in [0.29, 0.717) is 57.5 Å². The van der Waals surface area contributed by atoms with Crippen LogP contribution in [0.15, 0.2) is 29.3 Å². The molecule has 31 heavy (non-hydrogen) atoms. The molecule has 0 amide bonds. The molecule has 11 heteroatoms. The van der Waals surface area contributed by atoms with E-state index in [2.05, 4.69) is 20.5 Å². The van der Waals surface area contributed by atoms with Crippen LogP contribution in [0.2, 0.25) is 0 Å². The van der Waals surface area contributed by atoms with Gasteiger partial charge in [0.2, 0.25) is 0 Å². The largest absolute Gasteiger partial charge is 0.406 e. The molecule has 1 aliphatic rings. The quantitative estimate of drug-likeness (QED) is 0.588. The van der Waals surface area contributed by atoms with Crippen LogP contribution in [0.1, 0.15) is 11.4 Å². The van der Waals surface area contributed by atoms with E-state index in [0.717, 1.165) is 0 Å². The van der Waals surface area contributed by atoms with E-state index < -0.39 is 18.9 Å². The SMILES string of the molecule is CNCc1nnc(-c2cc3c(/N=C4\CCN(C)C[C@@H]4F)cccc3n2CC(F)(F)F)s1. The maximum atomic E-state index is 14.5. The summed E-state index contributed by atoms with van der Waals surface area (Å²) in [5.74, 6) is 0. The van der Waals surface area contributed by atoms with Gasteiger partial charge in [-0.2, -0.15) is 13.2 Å². The second kappa shape index (κ2) is 8.64. The van der Waals surface area contributed by atoms with Gasteiger partial charge in [0, 0.05) is 31.4 Å². The maximum absolute atomic E-state index is 14.5. The predicted molar refractivity (Wildman–Crippen MR) is 114 cm³/mol. The van der Waals surface area contributed by atoms with Crippen LogP contribution in [-0.2, 0) is 13.1 Å². The van der Waals surface area contributed by atoms with Crippen LogP contribution in [0.5, 0.6) is 0 Å². The standard InChI is InChI=1S/C20H22F4N6S/c1-25-9-18-27-28-19(31-18)17-8-12-14(26-15-6-7-29(2)10-13(15)21)4-3-5-16(12)30(17)11-20(22,23)24/h3-5,8,13,25H,6-7,9-11H2,1-2H3/b26-15+/t13-/m0/s1. The van der Waals surface area contributed by atoms with E-state index in [4.69, 9.17) is 0 Å². The molecule has 0 unspecified atom stereocenters. The van der Waals surface area contributed by atoms with Gasteiger partial charge in [-0.1, -0.05) is 17.4 Å². The lowest BCUT2D eigenvalue weighted by molar-refractivity contribution is -0.139. The number of hydrogen-bond acceptors (Lipinski definition) is 6. The molecule has 3 aromatic rings. The number of fused-ring (bicyclic) bond motifs is 1.